The van der Waals surface area contributed by atoms with Gasteiger partial charge in [0.1, 0.15) is 18.7 Å². The fourth-order valence-corrected chi connectivity index (χ4v) is 3.80. The van der Waals surface area contributed by atoms with Crippen LogP contribution in [-0.4, -0.2) is 81.9 Å². The molecule has 3 heterocycles. The molecule has 2 aliphatic heterocycles. The van der Waals surface area contributed by atoms with Gasteiger partial charge in [0.05, 0.1) is 18.3 Å². The summed E-state index contributed by atoms with van der Waals surface area (Å²) in [6.07, 6.45) is 2.39. The number of ether oxygens (including phenoxy) is 1. The van der Waals surface area contributed by atoms with Gasteiger partial charge in [-0.3, -0.25) is 9.69 Å². The van der Waals surface area contributed by atoms with Gasteiger partial charge < -0.3 is 20.3 Å². The summed E-state index contributed by atoms with van der Waals surface area (Å²) in [6, 6.07) is 5.47. The SMILES string of the molecule is CCCNC(=O)N1CCN2CC(=O)Nc3cc(-c4ncnn4C)ccc3OC[C@H]2C1. The average Bonchev–Trinajstić information content (AvgIpc) is 3.19. The number of hydrogen-bond acceptors (Lipinski definition) is 6. The Morgan fingerprint density at radius 1 is 1.37 bits per heavy atom. The molecule has 0 unspecified atom stereocenters. The molecule has 4 rings (SSSR count). The molecule has 0 aliphatic carbocycles. The molecule has 30 heavy (non-hydrogen) atoms. The average molecular weight is 413 g/mol. The van der Waals surface area contributed by atoms with Crippen LogP contribution in [0.25, 0.3) is 11.4 Å². The summed E-state index contributed by atoms with van der Waals surface area (Å²) in [5.74, 6) is 1.20. The van der Waals surface area contributed by atoms with Crippen molar-refractivity contribution < 1.29 is 14.3 Å². The van der Waals surface area contributed by atoms with Crippen LogP contribution in [0.4, 0.5) is 10.5 Å². The fraction of sp³-hybridized carbons (Fsp3) is 0.500. The smallest absolute Gasteiger partial charge is 0.317 e. The van der Waals surface area contributed by atoms with E-state index >= 15 is 0 Å². The molecule has 0 radical (unpaired) electrons. The molecule has 2 N–H and O–H groups in total. The first-order valence-corrected chi connectivity index (χ1v) is 10.2. The Morgan fingerprint density at radius 3 is 3.00 bits per heavy atom. The first-order valence-electron chi connectivity index (χ1n) is 10.2. The monoisotopic (exact) mass is 413 g/mol. The second-order valence-electron chi connectivity index (χ2n) is 7.58. The Labute approximate surface area is 175 Å². The highest BCUT2D eigenvalue weighted by atomic mass is 16.5. The molecule has 1 aromatic carbocycles. The second kappa shape index (κ2) is 8.70. The molecule has 10 heteroatoms. The van der Waals surface area contributed by atoms with Gasteiger partial charge in [0.2, 0.25) is 5.91 Å². The Kier molecular flexibility index (Phi) is 5.84. The van der Waals surface area contributed by atoms with Crippen LogP contribution in [0, 0.1) is 0 Å². The zero-order valence-corrected chi connectivity index (χ0v) is 17.3. The number of aryl methyl sites for hydroxylation is 1. The molecule has 1 saturated heterocycles. The van der Waals surface area contributed by atoms with Crippen LogP contribution in [0.3, 0.4) is 0 Å². The van der Waals surface area contributed by atoms with Crippen molar-refractivity contribution in [3.63, 3.8) is 0 Å². The highest BCUT2D eigenvalue weighted by Gasteiger charge is 2.32. The van der Waals surface area contributed by atoms with E-state index in [1.54, 1.807) is 9.58 Å². The lowest BCUT2D eigenvalue weighted by atomic mass is 10.1. The predicted molar refractivity (Wildman–Crippen MR) is 111 cm³/mol. The number of aromatic nitrogens is 3. The summed E-state index contributed by atoms with van der Waals surface area (Å²) >= 11 is 0. The molecule has 10 nitrogen and oxygen atoms in total. The number of amides is 3. The topological polar surface area (TPSA) is 105 Å². The van der Waals surface area contributed by atoms with Gasteiger partial charge in [-0.15, -0.1) is 0 Å². The van der Waals surface area contributed by atoms with E-state index in [2.05, 4.69) is 25.6 Å². The normalized spacial score (nSPS) is 19.5. The minimum absolute atomic E-state index is 0.0544. The third-order valence-corrected chi connectivity index (χ3v) is 5.42. The first-order chi connectivity index (χ1) is 14.5. The lowest BCUT2D eigenvalue weighted by Crippen LogP contribution is -2.59. The summed E-state index contributed by atoms with van der Waals surface area (Å²) in [6.45, 7) is 5.06. The van der Waals surface area contributed by atoms with Gasteiger partial charge in [0.25, 0.3) is 0 Å². The maximum Gasteiger partial charge on any atom is 0.317 e. The van der Waals surface area contributed by atoms with Gasteiger partial charge in [-0.25, -0.2) is 14.5 Å². The van der Waals surface area contributed by atoms with Crippen molar-refractivity contribution in [3.05, 3.63) is 24.5 Å². The highest BCUT2D eigenvalue weighted by molar-refractivity contribution is 5.94. The van der Waals surface area contributed by atoms with E-state index in [4.69, 9.17) is 4.74 Å². The van der Waals surface area contributed by atoms with E-state index in [9.17, 15) is 9.59 Å². The quantitative estimate of drug-likeness (QED) is 0.775. The van der Waals surface area contributed by atoms with Gasteiger partial charge in [-0.2, -0.15) is 5.10 Å². The summed E-state index contributed by atoms with van der Waals surface area (Å²) in [5, 5.41) is 9.99. The zero-order valence-electron chi connectivity index (χ0n) is 17.3. The highest BCUT2D eigenvalue weighted by Crippen LogP contribution is 2.31. The van der Waals surface area contributed by atoms with Crippen molar-refractivity contribution in [2.24, 2.45) is 7.05 Å². The summed E-state index contributed by atoms with van der Waals surface area (Å²) in [5.41, 5.74) is 1.45. The number of piperazine rings is 1. The minimum Gasteiger partial charge on any atom is -0.490 e. The predicted octanol–water partition coefficient (Wildman–Crippen LogP) is 0.919. The van der Waals surface area contributed by atoms with Crippen LogP contribution in [-0.2, 0) is 11.8 Å². The summed E-state index contributed by atoms with van der Waals surface area (Å²) in [7, 11) is 1.82. The van der Waals surface area contributed by atoms with Crippen LogP contribution >= 0.6 is 0 Å². The number of nitrogens with zero attached hydrogens (tertiary/aromatic N) is 5. The van der Waals surface area contributed by atoms with Gasteiger partial charge in [0, 0.05) is 38.8 Å². The van der Waals surface area contributed by atoms with Crippen molar-refractivity contribution >= 4 is 17.6 Å². The number of anilines is 1. The van der Waals surface area contributed by atoms with Crippen molar-refractivity contribution in [2.45, 2.75) is 19.4 Å². The molecule has 1 fully saturated rings. The largest absolute Gasteiger partial charge is 0.490 e. The van der Waals surface area contributed by atoms with Gasteiger partial charge >= 0.3 is 6.03 Å². The molecule has 160 valence electrons. The maximum absolute atomic E-state index is 12.7. The van der Waals surface area contributed by atoms with E-state index in [1.165, 1.54) is 6.33 Å². The van der Waals surface area contributed by atoms with Crippen LogP contribution in [0.5, 0.6) is 5.75 Å². The molecule has 1 aromatic heterocycles. The zero-order chi connectivity index (χ0) is 21.1. The Bertz CT molecular complexity index is 929. The van der Waals surface area contributed by atoms with E-state index in [0.29, 0.717) is 50.0 Å². The molecule has 1 atom stereocenters. The number of carbonyl (C=O) groups excluding carboxylic acids is 2. The van der Waals surface area contributed by atoms with Gasteiger partial charge in [0.15, 0.2) is 5.82 Å². The van der Waals surface area contributed by atoms with Crippen LogP contribution in [0.2, 0.25) is 0 Å². The lowest BCUT2D eigenvalue weighted by molar-refractivity contribution is -0.118. The van der Waals surface area contributed by atoms with E-state index < -0.39 is 0 Å². The Balaban J connectivity index is 1.52. The molecular formula is C20H27N7O3. The molecular weight excluding hydrogens is 386 g/mol. The third-order valence-electron chi connectivity index (χ3n) is 5.42. The van der Waals surface area contributed by atoms with Gasteiger partial charge in [-0.1, -0.05) is 6.92 Å². The molecule has 3 amide bonds. The van der Waals surface area contributed by atoms with E-state index in [0.717, 1.165) is 12.0 Å². The van der Waals surface area contributed by atoms with Crippen molar-refractivity contribution in [1.82, 2.24) is 29.9 Å². The Hall–Kier alpha value is -3.14. The van der Waals surface area contributed by atoms with Crippen molar-refractivity contribution in [1.29, 1.82) is 0 Å². The number of rotatable bonds is 3. The van der Waals surface area contributed by atoms with Crippen molar-refractivity contribution in [2.75, 3.05) is 44.6 Å². The summed E-state index contributed by atoms with van der Waals surface area (Å²) < 4.78 is 7.76. The van der Waals surface area contributed by atoms with Crippen LogP contribution in [0.1, 0.15) is 13.3 Å². The van der Waals surface area contributed by atoms with E-state index in [1.807, 2.05) is 32.2 Å². The van der Waals surface area contributed by atoms with Crippen molar-refractivity contribution in [3.8, 4) is 17.1 Å². The molecule has 0 spiro atoms. The molecule has 2 aliphatic rings. The molecule has 2 aromatic rings. The van der Waals surface area contributed by atoms with Crippen LogP contribution in [0.15, 0.2) is 24.5 Å². The Morgan fingerprint density at radius 2 is 2.23 bits per heavy atom. The fourth-order valence-electron chi connectivity index (χ4n) is 3.80. The standard InChI is InChI=1S/C20H27N7O3/c1-3-6-21-20(29)27-8-7-26-11-18(28)24-16-9-14(19-22-13-23-25(19)2)4-5-17(16)30-12-15(26)10-27/h4-5,9,13,15H,3,6-8,10-12H2,1-2H3,(H,21,29)(H,24,28)/t15-/m1/s1. The number of hydrogen-bond donors (Lipinski definition) is 2. The van der Waals surface area contributed by atoms with E-state index in [-0.39, 0.29) is 24.5 Å². The lowest BCUT2D eigenvalue weighted by Gasteiger charge is -2.40. The number of urea groups is 1. The number of benzene rings is 1. The summed E-state index contributed by atoms with van der Waals surface area (Å²) in [4.78, 5) is 33.2. The van der Waals surface area contributed by atoms with Gasteiger partial charge in [-0.05, 0) is 24.6 Å². The number of nitrogens with one attached hydrogen (secondary N) is 2. The number of carbonyl (C=O) groups is 2. The third kappa shape index (κ3) is 4.23. The first kappa shape index (κ1) is 20.1. The van der Waals surface area contributed by atoms with Crippen LogP contribution < -0.4 is 15.4 Å². The minimum atomic E-state index is -0.106. The molecule has 0 bridgehead atoms. The molecule has 0 saturated carbocycles. The number of fused-ring (bicyclic) bond motifs is 2. The maximum atomic E-state index is 12.7. The second-order valence-corrected chi connectivity index (χ2v) is 7.58.